The van der Waals surface area contributed by atoms with Crippen LogP contribution < -0.4 is 3.53 Å². The first-order chi connectivity index (χ1) is 7.22. The Morgan fingerprint density at radius 2 is 2.27 bits per heavy atom. The molecule has 80 valence electrons. The molecule has 1 aromatic rings. The van der Waals surface area contributed by atoms with Gasteiger partial charge in [0.15, 0.2) is 0 Å². The van der Waals surface area contributed by atoms with Gasteiger partial charge < -0.3 is 8.43 Å². The monoisotopic (exact) mass is 316 g/mol. The van der Waals surface area contributed by atoms with Crippen molar-refractivity contribution >= 4 is 34.5 Å². The van der Waals surface area contributed by atoms with Gasteiger partial charge >= 0.3 is 0 Å². The molecule has 15 heavy (non-hydrogen) atoms. The van der Waals surface area contributed by atoms with Gasteiger partial charge in [-0.3, -0.25) is 4.79 Å². The Hall–Kier alpha value is -0.780. The zero-order chi connectivity index (χ0) is 10.8. The highest BCUT2D eigenvalue weighted by Crippen LogP contribution is 2.27. The number of hydrogen-bond donors (Lipinski definition) is 1. The first-order valence-corrected chi connectivity index (χ1v) is 6.04. The maximum absolute atomic E-state index is 12.0. The third-order valence-corrected chi connectivity index (χ3v) is 3.26. The van der Waals surface area contributed by atoms with E-state index in [1.807, 2.05) is 36.2 Å². The fraction of sp³-hybridized carbons (Fsp3) is 0.364. The van der Waals surface area contributed by atoms with Crippen LogP contribution in [0.1, 0.15) is 23.2 Å². The van der Waals surface area contributed by atoms with E-state index in [0.29, 0.717) is 6.04 Å². The van der Waals surface area contributed by atoms with E-state index in [1.165, 1.54) is 0 Å². The molecule has 0 radical (unpaired) electrons. The van der Waals surface area contributed by atoms with Crippen LogP contribution >= 0.6 is 22.9 Å². The molecular weight excluding hydrogens is 303 g/mol. The van der Waals surface area contributed by atoms with Gasteiger partial charge in [0.25, 0.3) is 5.91 Å². The lowest BCUT2D eigenvalue weighted by Gasteiger charge is -2.16. The summed E-state index contributed by atoms with van der Waals surface area (Å²) in [6.07, 6.45) is 2.29. The van der Waals surface area contributed by atoms with Crippen molar-refractivity contribution in [1.82, 2.24) is 4.90 Å². The Morgan fingerprint density at radius 3 is 2.87 bits per heavy atom. The number of benzene rings is 1. The molecule has 1 amide bonds. The van der Waals surface area contributed by atoms with Crippen molar-refractivity contribution in [3.05, 3.63) is 29.8 Å². The van der Waals surface area contributed by atoms with Crippen molar-refractivity contribution in [3.8, 4) is 0 Å². The lowest BCUT2D eigenvalue weighted by molar-refractivity contribution is 0.0785. The average Bonchev–Trinajstić information content (AvgIpc) is 3.11. The molecular formula is C11H13IN2O. The summed E-state index contributed by atoms with van der Waals surface area (Å²) in [5.74, 6) is 0.117. The maximum Gasteiger partial charge on any atom is 0.253 e. The van der Waals surface area contributed by atoms with E-state index in [1.54, 1.807) is 0 Å². The summed E-state index contributed by atoms with van der Waals surface area (Å²) in [6.45, 7) is 0. The van der Waals surface area contributed by atoms with Crippen molar-refractivity contribution in [1.29, 1.82) is 0 Å². The van der Waals surface area contributed by atoms with Gasteiger partial charge in [-0.1, -0.05) is 6.07 Å². The predicted molar refractivity (Wildman–Crippen MR) is 69.2 cm³/mol. The second kappa shape index (κ2) is 4.38. The smallest absolute Gasteiger partial charge is 0.253 e. The summed E-state index contributed by atoms with van der Waals surface area (Å²) < 4.78 is 3.01. The quantitative estimate of drug-likeness (QED) is 0.687. The number of rotatable bonds is 3. The van der Waals surface area contributed by atoms with Gasteiger partial charge in [0, 0.05) is 24.3 Å². The molecule has 0 aliphatic heterocycles. The first kappa shape index (κ1) is 10.7. The van der Waals surface area contributed by atoms with Crippen LogP contribution in [0.2, 0.25) is 0 Å². The number of amides is 1. The summed E-state index contributed by atoms with van der Waals surface area (Å²) >= 11 is 2.06. The molecule has 0 spiro atoms. The van der Waals surface area contributed by atoms with Crippen molar-refractivity contribution < 1.29 is 4.79 Å². The fourth-order valence-electron chi connectivity index (χ4n) is 1.54. The summed E-state index contributed by atoms with van der Waals surface area (Å²) in [4.78, 5) is 13.8. The molecule has 0 atom stereocenters. The van der Waals surface area contributed by atoms with Crippen LogP contribution in [0, 0.1) is 0 Å². The van der Waals surface area contributed by atoms with Crippen LogP contribution in [0.3, 0.4) is 0 Å². The van der Waals surface area contributed by atoms with E-state index in [9.17, 15) is 4.79 Å². The molecule has 2 rings (SSSR count). The molecule has 0 saturated heterocycles. The number of hydrogen-bond acceptors (Lipinski definition) is 2. The Morgan fingerprint density at radius 1 is 1.53 bits per heavy atom. The van der Waals surface area contributed by atoms with Crippen LogP contribution in [0.25, 0.3) is 0 Å². The largest absolute Gasteiger partial charge is 0.339 e. The standard InChI is InChI=1S/C11H13IN2O/c1-14(10-5-6-10)11(15)8-3-2-4-9(7-8)13-12/h2-4,7,10,13H,5-6H2,1H3. The SMILES string of the molecule is CN(C(=O)c1cccc(NI)c1)C1CC1. The number of nitrogens with zero attached hydrogens (tertiary/aromatic N) is 1. The van der Waals surface area contributed by atoms with Gasteiger partial charge in [-0.2, -0.15) is 0 Å². The molecule has 4 heteroatoms. The van der Waals surface area contributed by atoms with Crippen LogP contribution in [0.4, 0.5) is 5.69 Å². The van der Waals surface area contributed by atoms with Crippen LogP contribution in [0.15, 0.2) is 24.3 Å². The highest BCUT2D eigenvalue weighted by molar-refractivity contribution is 14.1. The van der Waals surface area contributed by atoms with Crippen molar-refractivity contribution in [2.24, 2.45) is 0 Å². The van der Waals surface area contributed by atoms with Gasteiger partial charge in [0.2, 0.25) is 0 Å². The predicted octanol–water partition coefficient (Wildman–Crippen LogP) is 2.68. The van der Waals surface area contributed by atoms with Crippen molar-refractivity contribution in [3.63, 3.8) is 0 Å². The van der Waals surface area contributed by atoms with Crippen molar-refractivity contribution in [2.75, 3.05) is 10.6 Å². The summed E-state index contributed by atoms with van der Waals surface area (Å²) in [5.41, 5.74) is 1.72. The second-order valence-electron chi connectivity index (χ2n) is 3.82. The summed E-state index contributed by atoms with van der Waals surface area (Å²) in [7, 11) is 1.88. The van der Waals surface area contributed by atoms with E-state index in [2.05, 4.69) is 26.4 Å². The Balaban J connectivity index is 2.16. The molecule has 3 nitrogen and oxygen atoms in total. The normalized spacial score (nSPS) is 14.8. The lowest BCUT2D eigenvalue weighted by atomic mass is 10.2. The molecule has 1 fully saturated rings. The topological polar surface area (TPSA) is 32.3 Å². The van der Waals surface area contributed by atoms with E-state index in [0.717, 1.165) is 24.1 Å². The van der Waals surface area contributed by atoms with Gasteiger partial charge in [0.1, 0.15) is 0 Å². The number of anilines is 1. The highest BCUT2D eigenvalue weighted by atomic mass is 127. The Labute approximate surface area is 103 Å². The lowest BCUT2D eigenvalue weighted by Crippen LogP contribution is -2.28. The van der Waals surface area contributed by atoms with Gasteiger partial charge in [-0.25, -0.2) is 0 Å². The highest BCUT2D eigenvalue weighted by Gasteiger charge is 2.29. The first-order valence-electron chi connectivity index (χ1n) is 4.96. The summed E-state index contributed by atoms with van der Waals surface area (Å²) in [5, 5.41) is 0. The molecule has 1 aromatic carbocycles. The minimum Gasteiger partial charge on any atom is -0.339 e. The molecule has 1 aliphatic carbocycles. The number of carbonyl (C=O) groups excluding carboxylic acids is 1. The number of carbonyl (C=O) groups is 1. The number of halogens is 1. The van der Waals surface area contributed by atoms with E-state index >= 15 is 0 Å². The average molecular weight is 316 g/mol. The van der Waals surface area contributed by atoms with Crippen molar-refractivity contribution in [2.45, 2.75) is 18.9 Å². The summed E-state index contributed by atoms with van der Waals surface area (Å²) in [6, 6.07) is 8.05. The maximum atomic E-state index is 12.0. The second-order valence-corrected chi connectivity index (χ2v) is 4.36. The van der Waals surface area contributed by atoms with Crippen LogP contribution in [0.5, 0.6) is 0 Å². The van der Waals surface area contributed by atoms with E-state index in [-0.39, 0.29) is 5.91 Å². The minimum absolute atomic E-state index is 0.117. The van der Waals surface area contributed by atoms with E-state index in [4.69, 9.17) is 0 Å². The fourth-order valence-corrected chi connectivity index (χ4v) is 1.88. The van der Waals surface area contributed by atoms with Crippen LogP contribution in [-0.4, -0.2) is 23.9 Å². The van der Waals surface area contributed by atoms with E-state index < -0.39 is 0 Å². The van der Waals surface area contributed by atoms with Gasteiger partial charge in [-0.05, 0) is 31.0 Å². The third-order valence-electron chi connectivity index (χ3n) is 2.63. The van der Waals surface area contributed by atoms with Gasteiger partial charge in [0.05, 0.1) is 22.9 Å². The zero-order valence-electron chi connectivity index (χ0n) is 8.53. The molecule has 1 N–H and O–H groups in total. The van der Waals surface area contributed by atoms with Crippen LogP contribution in [-0.2, 0) is 0 Å². The van der Waals surface area contributed by atoms with Gasteiger partial charge in [-0.15, -0.1) is 0 Å². The third kappa shape index (κ3) is 2.42. The minimum atomic E-state index is 0.117. The molecule has 0 unspecified atom stereocenters. The molecule has 1 aliphatic rings. The zero-order valence-corrected chi connectivity index (χ0v) is 10.7. The molecule has 1 saturated carbocycles. The number of nitrogens with one attached hydrogen (secondary N) is 1. The Kier molecular flexibility index (Phi) is 3.14. The molecule has 0 bridgehead atoms. The Bertz CT molecular complexity index is 377. The molecule has 0 aromatic heterocycles. The molecule has 0 heterocycles.